The zero-order chi connectivity index (χ0) is 48.6. The third-order valence-corrected chi connectivity index (χ3v) is 13.4. The van der Waals surface area contributed by atoms with Gasteiger partial charge in [0.25, 0.3) is 5.91 Å². The first-order valence-corrected chi connectivity index (χ1v) is 24.1. The van der Waals surface area contributed by atoms with Crippen molar-refractivity contribution in [2.45, 2.75) is 110 Å². The average molecular weight is 936 g/mol. The molecule has 3 rings (SSSR count). The highest BCUT2D eigenvalue weighted by Gasteiger charge is 2.43. The maximum atomic E-state index is 14.4. The van der Waals surface area contributed by atoms with Crippen molar-refractivity contribution in [3.63, 3.8) is 0 Å². The van der Waals surface area contributed by atoms with Crippen LogP contribution >= 0.6 is 0 Å². The van der Waals surface area contributed by atoms with Gasteiger partial charge in [-0.15, -0.1) is 5.53 Å². The SMILES string of the molecule is CC[C@H](C)[C@@H]([C@@H](CC(=O)N1CCC[C@H]1[C@H](OC)[C@@H](C)C(=O)N[C@@H](Cc1ccccc1)C(=O)NS(=O)(=O)CCCN1C=C(CON)NN1)OC)N(C)C(=O)[C@@H](N=C(N(C)C)N(C)C)C(C)C. The summed E-state index contributed by atoms with van der Waals surface area (Å²) in [5, 5.41) is 4.43. The highest BCUT2D eigenvalue weighted by atomic mass is 32.2. The van der Waals surface area contributed by atoms with Crippen molar-refractivity contribution in [2.24, 2.45) is 28.6 Å². The second-order valence-corrected chi connectivity index (χ2v) is 19.6. The molecule has 1 saturated heterocycles. The summed E-state index contributed by atoms with van der Waals surface area (Å²) in [5.74, 6) is 2.63. The lowest BCUT2D eigenvalue weighted by Crippen LogP contribution is -2.56. The Morgan fingerprint density at radius 2 is 1.65 bits per heavy atom. The number of hydrazine groups is 2. The molecule has 0 aromatic heterocycles. The number of rotatable bonds is 25. The fraction of sp³-hybridized carbons (Fsp3) is 0.705. The number of guanidine groups is 1. The zero-order valence-electron chi connectivity index (χ0n) is 40.6. The van der Waals surface area contributed by atoms with Crippen LogP contribution in [0.15, 0.2) is 47.2 Å². The second-order valence-electron chi connectivity index (χ2n) is 17.8. The van der Waals surface area contributed by atoms with Crippen LogP contribution in [0.5, 0.6) is 0 Å². The monoisotopic (exact) mass is 936 g/mol. The Hall–Kier alpha value is -4.54. The number of aliphatic imine (C=N–C) groups is 1. The number of hydrogen-bond acceptors (Lipinski definition) is 14. The normalized spacial score (nSPS) is 18.4. The Morgan fingerprint density at radius 3 is 2.22 bits per heavy atom. The molecule has 65 heavy (non-hydrogen) atoms. The molecule has 20 nitrogen and oxygen atoms in total. The number of ether oxygens (including phenoxy) is 2. The summed E-state index contributed by atoms with van der Waals surface area (Å²) in [7, 11) is 8.22. The molecule has 6 N–H and O–H groups in total. The Bertz CT molecular complexity index is 1860. The fourth-order valence-corrected chi connectivity index (χ4v) is 9.56. The molecule has 4 amide bonds. The van der Waals surface area contributed by atoms with E-state index in [0.717, 1.165) is 6.42 Å². The molecular weight excluding hydrogens is 859 g/mol. The number of methoxy groups -OCH3 is 2. The van der Waals surface area contributed by atoms with Crippen LogP contribution in [0.2, 0.25) is 0 Å². The van der Waals surface area contributed by atoms with Gasteiger partial charge in [-0.2, -0.15) is 0 Å². The summed E-state index contributed by atoms with van der Waals surface area (Å²) in [6.07, 6.45) is 2.40. The number of benzene rings is 1. The van der Waals surface area contributed by atoms with E-state index in [2.05, 4.69) is 25.8 Å². The first-order chi connectivity index (χ1) is 30.7. The predicted octanol–water partition coefficient (Wildman–Crippen LogP) is 1.03. The third kappa shape index (κ3) is 15.8. The Kier molecular flexibility index (Phi) is 21.9. The van der Waals surface area contributed by atoms with Gasteiger partial charge in [0.2, 0.25) is 27.7 Å². The van der Waals surface area contributed by atoms with E-state index >= 15 is 0 Å². The highest BCUT2D eigenvalue weighted by Crippen LogP contribution is 2.30. The maximum absolute atomic E-state index is 14.4. The zero-order valence-corrected chi connectivity index (χ0v) is 41.4. The van der Waals surface area contributed by atoms with E-state index < -0.39 is 64.1 Å². The van der Waals surface area contributed by atoms with Crippen LogP contribution in [0.4, 0.5) is 0 Å². The number of hydrogen-bond donors (Lipinski definition) is 5. The molecule has 1 aromatic carbocycles. The Balaban J connectivity index is 1.78. The number of nitrogens with zero attached hydrogens (tertiary/aromatic N) is 6. The second kappa shape index (κ2) is 26.0. The summed E-state index contributed by atoms with van der Waals surface area (Å²) in [5.41, 5.74) is 7.07. The molecule has 2 aliphatic rings. The first kappa shape index (κ1) is 54.8. The van der Waals surface area contributed by atoms with Crippen LogP contribution in [-0.4, -0.2) is 174 Å². The molecule has 0 radical (unpaired) electrons. The molecule has 1 aromatic rings. The van der Waals surface area contributed by atoms with Crippen molar-refractivity contribution in [2.75, 3.05) is 74.9 Å². The molecular formula is C44H77N11O9S. The molecule has 8 atom stereocenters. The van der Waals surface area contributed by atoms with Gasteiger partial charge in [0.05, 0.1) is 48.1 Å². The number of carbonyl (C=O) groups excluding carboxylic acids is 4. The fourth-order valence-electron chi connectivity index (χ4n) is 8.50. The highest BCUT2D eigenvalue weighted by molar-refractivity contribution is 7.90. The molecule has 0 aliphatic carbocycles. The lowest BCUT2D eigenvalue weighted by atomic mass is 9.89. The van der Waals surface area contributed by atoms with Crippen molar-refractivity contribution >= 4 is 39.6 Å². The van der Waals surface area contributed by atoms with Gasteiger partial charge in [0, 0.05) is 75.2 Å². The number of likely N-dealkylation sites (tertiary alicyclic amines) is 1. The van der Waals surface area contributed by atoms with Crippen molar-refractivity contribution in [3.05, 3.63) is 47.8 Å². The number of likely N-dealkylation sites (N-methyl/N-ethyl adjacent to an activating group) is 1. The first-order valence-electron chi connectivity index (χ1n) is 22.4. The van der Waals surface area contributed by atoms with Gasteiger partial charge in [-0.05, 0) is 36.7 Å². The smallest absolute Gasteiger partial charge is 0.256 e. The van der Waals surface area contributed by atoms with Crippen LogP contribution in [0.1, 0.15) is 72.3 Å². The van der Waals surface area contributed by atoms with E-state index in [0.29, 0.717) is 43.2 Å². The van der Waals surface area contributed by atoms with Gasteiger partial charge in [0.15, 0.2) is 5.96 Å². The molecule has 21 heteroatoms. The van der Waals surface area contributed by atoms with E-state index in [1.54, 1.807) is 66.4 Å². The molecule has 1 fully saturated rings. The summed E-state index contributed by atoms with van der Waals surface area (Å²) in [6, 6.07) is 6.10. The Labute approximate surface area is 386 Å². The van der Waals surface area contributed by atoms with Crippen LogP contribution in [0, 0.1) is 17.8 Å². The van der Waals surface area contributed by atoms with Crippen LogP contribution in [0.3, 0.4) is 0 Å². The maximum Gasteiger partial charge on any atom is 0.256 e. The minimum atomic E-state index is -4.10. The standard InChI is InChI=1S/C44H77N11O9S/c1-13-30(4)39(53(10)43(59)38(29(2)3)47-44(51(6)7)52(8)9)36(62-11)26-37(56)55-23-17-21-35(55)40(63-12)31(5)41(57)46-34(25-32-19-15-14-16-20-32)42(58)49-65(60,61)24-18-22-54-27-33(28-64-45)48-50-54/h14-16,19-20,27,29-31,34-36,38-40,48,50H,13,17-18,21-26,28,45H2,1-12H3,(H,46,57)(H,49,58)/t30-,31+,34-,35-,36+,38-,39-,40+/m0/s1. The molecule has 0 unspecified atom stereocenters. The van der Waals surface area contributed by atoms with Crippen LogP contribution in [-0.2, 0) is 49.9 Å². The van der Waals surface area contributed by atoms with Gasteiger partial charge >= 0.3 is 0 Å². The van der Waals surface area contributed by atoms with Gasteiger partial charge in [-0.25, -0.2) is 19.3 Å². The quantitative estimate of drug-likeness (QED) is 0.0524. The number of amides is 4. The topological polar surface area (TPSA) is 233 Å². The summed E-state index contributed by atoms with van der Waals surface area (Å²) >= 11 is 0. The minimum absolute atomic E-state index is 0.0207. The number of sulfonamides is 1. The van der Waals surface area contributed by atoms with Crippen molar-refractivity contribution in [1.82, 2.24) is 45.6 Å². The lowest BCUT2D eigenvalue weighted by Gasteiger charge is -2.40. The van der Waals surface area contributed by atoms with E-state index in [4.69, 9.17) is 20.4 Å². The van der Waals surface area contributed by atoms with Crippen molar-refractivity contribution in [1.29, 1.82) is 0 Å². The van der Waals surface area contributed by atoms with Crippen molar-refractivity contribution < 1.29 is 41.9 Å². The van der Waals surface area contributed by atoms with E-state index in [-0.39, 0.29) is 55.3 Å². The molecule has 0 saturated carbocycles. The third-order valence-electron chi connectivity index (χ3n) is 12.1. The van der Waals surface area contributed by atoms with Crippen LogP contribution < -0.4 is 26.9 Å². The summed E-state index contributed by atoms with van der Waals surface area (Å²) in [6.45, 7) is 10.5. The Morgan fingerprint density at radius 1 is 0.985 bits per heavy atom. The molecule has 368 valence electrons. The lowest BCUT2D eigenvalue weighted by molar-refractivity contribution is -0.146. The summed E-state index contributed by atoms with van der Waals surface area (Å²) < 4.78 is 40.5. The largest absolute Gasteiger partial charge is 0.379 e. The van der Waals surface area contributed by atoms with Gasteiger partial charge in [0.1, 0.15) is 18.7 Å². The van der Waals surface area contributed by atoms with Gasteiger partial charge in [-0.1, -0.05) is 71.4 Å². The minimum Gasteiger partial charge on any atom is -0.379 e. The number of nitrogens with two attached hydrogens (primary N) is 1. The van der Waals surface area contributed by atoms with Crippen LogP contribution in [0.25, 0.3) is 0 Å². The average Bonchev–Trinajstić information content (AvgIpc) is 3.93. The van der Waals surface area contributed by atoms with Crippen molar-refractivity contribution in [3.8, 4) is 0 Å². The van der Waals surface area contributed by atoms with Gasteiger partial charge < -0.3 is 39.8 Å². The molecule has 0 bridgehead atoms. The van der Waals surface area contributed by atoms with E-state index in [1.165, 1.54) is 7.11 Å². The van der Waals surface area contributed by atoms with E-state index in [9.17, 15) is 27.6 Å². The molecule has 2 heterocycles. The number of nitrogens with one attached hydrogen (secondary N) is 4. The molecule has 0 spiro atoms. The number of carbonyl (C=O) groups is 4. The molecule has 2 aliphatic heterocycles. The van der Waals surface area contributed by atoms with E-state index in [1.807, 2.05) is 71.8 Å². The van der Waals surface area contributed by atoms with Gasteiger partial charge in [-0.3, -0.25) is 33.7 Å². The summed E-state index contributed by atoms with van der Waals surface area (Å²) in [4.78, 5) is 73.2. The predicted molar refractivity (Wildman–Crippen MR) is 249 cm³/mol.